The number of halogens is 1. The highest BCUT2D eigenvalue weighted by atomic mass is 79.9. The van der Waals surface area contributed by atoms with Crippen LogP contribution in [0.3, 0.4) is 0 Å². The number of rotatable bonds is 2. The van der Waals surface area contributed by atoms with Crippen molar-refractivity contribution in [3.8, 4) is 0 Å². The van der Waals surface area contributed by atoms with E-state index < -0.39 is 5.97 Å². The van der Waals surface area contributed by atoms with Gasteiger partial charge in [-0.2, -0.15) is 5.10 Å². The summed E-state index contributed by atoms with van der Waals surface area (Å²) in [6.45, 7) is 0.988. The van der Waals surface area contributed by atoms with E-state index in [1.165, 1.54) is 7.11 Å². The molecule has 1 aromatic heterocycles. The summed E-state index contributed by atoms with van der Waals surface area (Å²) in [5.41, 5.74) is 2.74. The lowest BCUT2D eigenvalue weighted by molar-refractivity contribution is 0.0591. The number of hydrogen-bond acceptors (Lipinski definition) is 4. The molecule has 0 bridgehead atoms. The maximum Gasteiger partial charge on any atom is 0.358 e. The van der Waals surface area contributed by atoms with Gasteiger partial charge in [-0.25, -0.2) is 4.79 Å². The van der Waals surface area contributed by atoms with Crippen LogP contribution in [0.25, 0.3) is 0 Å². The van der Waals surface area contributed by atoms with Crippen molar-refractivity contribution in [1.29, 1.82) is 0 Å². The van der Waals surface area contributed by atoms with Gasteiger partial charge in [0.05, 0.1) is 19.3 Å². The first kappa shape index (κ1) is 15.7. The average Bonchev–Trinajstić information content (AvgIpc) is 2.90. The number of fused-ring (bicyclic) bond motifs is 1. The predicted octanol–water partition coefficient (Wildman–Crippen LogP) is 2.17. The molecule has 2 aromatic rings. The van der Waals surface area contributed by atoms with Crippen molar-refractivity contribution in [2.75, 3.05) is 13.7 Å². The van der Waals surface area contributed by atoms with Crippen LogP contribution < -0.4 is 0 Å². The molecule has 0 saturated carbocycles. The molecule has 0 radical (unpaired) electrons. The zero-order valence-electron chi connectivity index (χ0n) is 12.9. The van der Waals surface area contributed by atoms with E-state index in [1.54, 1.807) is 28.8 Å². The molecule has 0 spiro atoms. The molecular formula is C16H16BrN3O3. The van der Waals surface area contributed by atoms with Gasteiger partial charge in [0.2, 0.25) is 0 Å². The Morgan fingerprint density at radius 3 is 2.61 bits per heavy atom. The molecule has 1 amide bonds. The lowest BCUT2D eigenvalue weighted by Gasteiger charge is -2.27. The summed E-state index contributed by atoms with van der Waals surface area (Å²) in [4.78, 5) is 26.2. The van der Waals surface area contributed by atoms with Gasteiger partial charge in [-0.05, 0) is 30.7 Å². The Hall–Kier alpha value is -2.15. The number of aryl methyl sites for hydroxylation is 1. The van der Waals surface area contributed by atoms with Crippen LogP contribution in [0.5, 0.6) is 0 Å². The van der Waals surface area contributed by atoms with E-state index >= 15 is 0 Å². The fourth-order valence-electron chi connectivity index (χ4n) is 2.78. The molecule has 23 heavy (non-hydrogen) atoms. The average molecular weight is 378 g/mol. The van der Waals surface area contributed by atoms with E-state index in [0.717, 1.165) is 15.7 Å². The number of hydrogen-bond donors (Lipinski definition) is 0. The SMILES string of the molecule is COC(=O)c1nn(C)c2c1CCN(C(=O)c1ccc(Br)cc1)C2. The van der Waals surface area contributed by atoms with Crippen molar-refractivity contribution in [3.05, 3.63) is 51.3 Å². The number of benzene rings is 1. The Balaban J connectivity index is 1.86. The second-order valence-electron chi connectivity index (χ2n) is 5.37. The molecule has 0 fully saturated rings. The topological polar surface area (TPSA) is 64.4 Å². The van der Waals surface area contributed by atoms with E-state index in [4.69, 9.17) is 4.74 Å². The fraction of sp³-hybridized carbons (Fsp3) is 0.312. The van der Waals surface area contributed by atoms with Crippen LogP contribution in [0.1, 0.15) is 32.1 Å². The lowest BCUT2D eigenvalue weighted by Crippen LogP contribution is -2.36. The number of esters is 1. The Kier molecular flexibility index (Phi) is 4.21. The molecule has 1 aliphatic heterocycles. The van der Waals surface area contributed by atoms with Crippen molar-refractivity contribution in [2.45, 2.75) is 13.0 Å². The van der Waals surface area contributed by atoms with Gasteiger partial charge in [0.15, 0.2) is 5.69 Å². The third kappa shape index (κ3) is 2.88. The fourth-order valence-corrected chi connectivity index (χ4v) is 3.04. The Morgan fingerprint density at radius 2 is 1.96 bits per heavy atom. The van der Waals surface area contributed by atoms with Gasteiger partial charge in [-0.3, -0.25) is 9.48 Å². The Morgan fingerprint density at radius 1 is 1.26 bits per heavy atom. The number of ether oxygens (including phenoxy) is 1. The minimum absolute atomic E-state index is 0.0241. The number of carbonyl (C=O) groups excluding carboxylic acids is 2. The minimum Gasteiger partial charge on any atom is -0.464 e. The summed E-state index contributed by atoms with van der Waals surface area (Å²) < 4.78 is 7.36. The van der Waals surface area contributed by atoms with Crippen LogP contribution in [-0.4, -0.2) is 40.2 Å². The van der Waals surface area contributed by atoms with Crippen LogP contribution in [0, 0.1) is 0 Å². The number of aromatic nitrogens is 2. The first-order chi connectivity index (χ1) is 11.0. The molecule has 2 heterocycles. The Bertz CT molecular complexity index is 768. The Labute approximate surface area is 142 Å². The summed E-state index contributed by atoms with van der Waals surface area (Å²) in [6, 6.07) is 7.29. The molecule has 1 aliphatic rings. The van der Waals surface area contributed by atoms with Crippen molar-refractivity contribution >= 4 is 27.8 Å². The van der Waals surface area contributed by atoms with Crippen LogP contribution in [-0.2, 0) is 24.8 Å². The monoisotopic (exact) mass is 377 g/mol. The normalized spacial score (nSPS) is 13.6. The summed E-state index contributed by atoms with van der Waals surface area (Å²) in [5.74, 6) is -0.460. The van der Waals surface area contributed by atoms with Gasteiger partial charge in [0, 0.05) is 29.2 Å². The van der Waals surface area contributed by atoms with Crippen molar-refractivity contribution in [3.63, 3.8) is 0 Å². The molecule has 0 saturated heterocycles. The summed E-state index contributed by atoms with van der Waals surface area (Å²) in [7, 11) is 3.12. The highest BCUT2D eigenvalue weighted by molar-refractivity contribution is 9.10. The van der Waals surface area contributed by atoms with Crippen LogP contribution in [0.15, 0.2) is 28.7 Å². The van der Waals surface area contributed by atoms with Gasteiger partial charge >= 0.3 is 5.97 Å². The zero-order chi connectivity index (χ0) is 16.6. The van der Waals surface area contributed by atoms with E-state index in [1.807, 2.05) is 12.1 Å². The molecular weight excluding hydrogens is 362 g/mol. The van der Waals surface area contributed by atoms with E-state index in [9.17, 15) is 9.59 Å². The van der Waals surface area contributed by atoms with Gasteiger partial charge in [-0.1, -0.05) is 15.9 Å². The minimum atomic E-state index is -0.436. The van der Waals surface area contributed by atoms with E-state index in [2.05, 4.69) is 21.0 Å². The molecule has 3 rings (SSSR count). The second-order valence-corrected chi connectivity index (χ2v) is 6.29. The maximum atomic E-state index is 12.6. The van der Waals surface area contributed by atoms with Crippen molar-refractivity contribution < 1.29 is 14.3 Å². The van der Waals surface area contributed by atoms with E-state index in [0.29, 0.717) is 30.8 Å². The van der Waals surface area contributed by atoms with Crippen LogP contribution >= 0.6 is 15.9 Å². The molecule has 0 unspecified atom stereocenters. The van der Waals surface area contributed by atoms with Crippen molar-refractivity contribution in [2.24, 2.45) is 7.05 Å². The van der Waals surface area contributed by atoms with Gasteiger partial charge in [0.25, 0.3) is 5.91 Å². The summed E-state index contributed by atoms with van der Waals surface area (Å²) in [6.07, 6.45) is 0.593. The number of amides is 1. The molecule has 6 nitrogen and oxygen atoms in total. The van der Waals surface area contributed by atoms with Crippen LogP contribution in [0.4, 0.5) is 0 Å². The molecule has 1 aromatic carbocycles. The van der Waals surface area contributed by atoms with E-state index in [-0.39, 0.29) is 5.91 Å². The molecule has 7 heteroatoms. The molecule has 0 aliphatic carbocycles. The number of methoxy groups -OCH3 is 1. The smallest absolute Gasteiger partial charge is 0.358 e. The summed E-state index contributed by atoms with van der Waals surface area (Å²) >= 11 is 3.36. The third-order valence-corrected chi connectivity index (χ3v) is 4.53. The third-order valence-electron chi connectivity index (χ3n) is 4.00. The number of nitrogens with zero attached hydrogens (tertiary/aromatic N) is 3. The van der Waals surface area contributed by atoms with Gasteiger partial charge in [-0.15, -0.1) is 0 Å². The lowest BCUT2D eigenvalue weighted by atomic mass is 10.0. The van der Waals surface area contributed by atoms with Gasteiger partial charge in [0.1, 0.15) is 0 Å². The highest BCUT2D eigenvalue weighted by Gasteiger charge is 2.29. The number of carbonyl (C=O) groups is 2. The zero-order valence-corrected chi connectivity index (χ0v) is 14.5. The largest absolute Gasteiger partial charge is 0.464 e. The second kappa shape index (κ2) is 6.16. The van der Waals surface area contributed by atoms with Crippen molar-refractivity contribution in [1.82, 2.24) is 14.7 Å². The van der Waals surface area contributed by atoms with Gasteiger partial charge < -0.3 is 9.64 Å². The first-order valence-electron chi connectivity index (χ1n) is 7.19. The maximum absolute atomic E-state index is 12.6. The molecule has 0 atom stereocenters. The van der Waals surface area contributed by atoms with Crippen LogP contribution in [0.2, 0.25) is 0 Å². The quantitative estimate of drug-likeness (QED) is 0.752. The highest BCUT2D eigenvalue weighted by Crippen LogP contribution is 2.24. The predicted molar refractivity (Wildman–Crippen MR) is 87.1 cm³/mol. The molecule has 120 valence electrons. The first-order valence-corrected chi connectivity index (χ1v) is 7.98. The standard InChI is InChI=1S/C16H16BrN3O3/c1-19-13-9-20(15(21)10-3-5-11(17)6-4-10)8-7-12(13)14(18-19)16(22)23-2/h3-6H,7-9H2,1-2H3. The summed E-state index contributed by atoms with van der Waals surface area (Å²) in [5, 5.41) is 4.24. The molecule has 0 N–H and O–H groups in total.